The summed E-state index contributed by atoms with van der Waals surface area (Å²) in [5, 5.41) is 10.3. The lowest BCUT2D eigenvalue weighted by Gasteiger charge is -2.58. The van der Waals surface area contributed by atoms with E-state index in [9.17, 15) is 5.11 Å². The second kappa shape index (κ2) is 7.23. The van der Waals surface area contributed by atoms with Gasteiger partial charge in [-0.15, -0.1) is 0 Å². The van der Waals surface area contributed by atoms with E-state index in [1.807, 2.05) is 0 Å². The van der Waals surface area contributed by atoms with Crippen molar-refractivity contribution >= 4 is 0 Å². The quantitative estimate of drug-likeness (QED) is 0.478. The van der Waals surface area contributed by atoms with Crippen LogP contribution in [0.15, 0.2) is 23.8 Å². The molecule has 10 unspecified atom stereocenters. The van der Waals surface area contributed by atoms with Crippen LogP contribution in [0, 0.1) is 58.2 Å². The molecule has 0 bridgehead atoms. The minimum absolute atomic E-state index is 0.0847. The van der Waals surface area contributed by atoms with E-state index in [-0.39, 0.29) is 6.10 Å². The molecule has 168 valence electrons. The molecule has 0 amide bonds. The van der Waals surface area contributed by atoms with Crippen LogP contribution in [0.4, 0.5) is 0 Å². The van der Waals surface area contributed by atoms with Crippen LogP contribution in [-0.2, 0) is 0 Å². The lowest BCUT2D eigenvalue weighted by molar-refractivity contribution is -0.0583. The Bertz CT molecular complexity index is 733. The molecule has 1 heteroatoms. The van der Waals surface area contributed by atoms with Crippen molar-refractivity contribution in [3.05, 3.63) is 23.8 Å². The molecule has 5 rings (SSSR count). The number of fused-ring (bicyclic) bond motifs is 5. The Morgan fingerprint density at radius 3 is 2.57 bits per heavy atom. The number of hydrogen-bond donors (Lipinski definition) is 1. The van der Waals surface area contributed by atoms with Crippen molar-refractivity contribution in [1.82, 2.24) is 0 Å². The van der Waals surface area contributed by atoms with E-state index in [4.69, 9.17) is 0 Å². The highest BCUT2D eigenvalue weighted by molar-refractivity contribution is 5.25. The Balaban J connectivity index is 1.34. The van der Waals surface area contributed by atoms with Gasteiger partial charge in [0.2, 0.25) is 0 Å². The number of rotatable bonds is 4. The molecule has 0 aliphatic heterocycles. The molecule has 30 heavy (non-hydrogen) atoms. The summed E-state index contributed by atoms with van der Waals surface area (Å²) >= 11 is 0. The van der Waals surface area contributed by atoms with Crippen molar-refractivity contribution in [1.29, 1.82) is 0 Å². The first-order valence-corrected chi connectivity index (χ1v) is 13.2. The first-order chi connectivity index (χ1) is 14.2. The molecular weight excluding hydrogens is 364 g/mol. The van der Waals surface area contributed by atoms with Crippen LogP contribution in [0.25, 0.3) is 0 Å². The summed E-state index contributed by atoms with van der Waals surface area (Å²) in [5.74, 6) is 6.84. The average molecular weight is 411 g/mol. The maximum atomic E-state index is 10.3. The highest BCUT2D eigenvalue weighted by Crippen LogP contribution is 2.69. The molecule has 10 atom stereocenters. The van der Waals surface area contributed by atoms with Gasteiger partial charge in [-0.1, -0.05) is 58.4 Å². The van der Waals surface area contributed by atoms with Crippen molar-refractivity contribution in [2.45, 2.75) is 98.5 Å². The molecule has 0 heterocycles. The smallest absolute Gasteiger partial charge is 0.0577 e. The van der Waals surface area contributed by atoms with Crippen molar-refractivity contribution in [2.24, 2.45) is 58.2 Å². The van der Waals surface area contributed by atoms with Gasteiger partial charge in [0.1, 0.15) is 0 Å². The number of aliphatic hydroxyl groups is 1. The largest absolute Gasteiger partial charge is 0.393 e. The summed E-state index contributed by atoms with van der Waals surface area (Å²) in [5.41, 5.74) is 4.07. The topological polar surface area (TPSA) is 20.2 Å². The third-order valence-corrected chi connectivity index (χ3v) is 11.5. The van der Waals surface area contributed by atoms with E-state index in [0.717, 1.165) is 54.3 Å². The SMILES string of the molecule is C=C(C(C)C)C1CC1C(C)C1CCC2C3CC=C4CC(O)CCC4(C)C3CCC12C. The molecule has 1 nitrogen and oxygen atoms in total. The molecule has 0 saturated heterocycles. The fraction of sp³-hybridized carbons (Fsp3) is 0.862. The summed E-state index contributed by atoms with van der Waals surface area (Å²) in [4.78, 5) is 0. The third-order valence-electron chi connectivity index (χ3n) is 11.5. The van der Waals surface area contributed by atoms with Crippen molar-refractivity contribution in [2.75, 3.05) is 0 Å². The Hall–Kier alpha value is -0.560. The van der Waals surface area contributed by atoms with Crippen LogP contribution in [-0.4, -0.2) is 11.2 Å². The molecule has 0 aromatic heterocycles. The number of allylic oxidation sites excluding steroid dienone is 2. The van der Waals surface area contributed by atoms with Gasteiger partial charge in [-0.25, -0.2) is 0 Å². The van der Waals surface area contributed by atoms with E-state index in [2.05, 4.69) is 47.3 Å². The highest BCUT2D eigenvalue weighted by Gasteiger charge is 2.60. The maximum Gasteiger partial charge on any atom is 0.0577 e. The third kappa shape index (κ3) is 3.04. The van der Waals surface area contributed by atoms with Crippen LogP contribution < -0.4 is 0 Å². The first kappa shape index (κ1) is 21.3. The zero-order valence-electron chi connectivity index (χ0n) is 20.3. The van der Waals surface area contributed by atoms with E-state index in [0.29, 0.717) is 16.7 Å². The summed E-state index contributed by atoms with van der Waals surface area (Å²) in [6.07, 6.45) is 14.2. The fourth-order valence-corrected chi connectivity index (χ4v) is 9.49. The average Bonchev–Trinajstić information content (AvgIpc) is 3.42. The molecule has 0 spiro atoms. The van der Waals surface area contributed by atoms with E-state index in [1.165, 1.54) is 50.5 Å². The lowest BCUT2D eigenvalue weighted by Crippen LogP contribution is -2.51. The fourth-order valence-electron chi connectivity index (χ4n) is 9.49. The van der Waals surface area contributed by atoms with Crippen LogP contribution in [0.1, 0.15) is 92.4 Å². The van der Waals surface area contributed by atoms with Gasteiger partial charge < -0.3 is 5.11 Å². The molecule has 4 fully saturated rings. The van der Waals surface area contributed by atoms with Gasteiger partial charge in [0.05, 0.1) is 6.10 Å². The van der Waals surface area contributed by atoms with E-state index in [1.54, 1.807) is 5.57 Å². The number of hydrogen-bond acceptors (Lipinski definition) is 1. The Morgan fingerprint density at radius 2 is 1.83 bits per heavy atom. The van der Waals surface area contributed by atoms with Gasteiger partial charge in [0, 0.05) is 0 Å². The zero-order valence-corrected chi connectivity index (χ0v) is 20.3. The summed E-state index contributed by atoms with van der Waals surface area (Å²) in [6, 6.07) is 0. The molecule has 5 aliphatic rings. The van der Waals surface area contributed by atoms with Gasteiger partial charge in [-0.05, 0) is 116 Å². The van der Waals surface area contributed by atoms with Crippen LogP contribution in [0.2, 0.25) is 0 Å². The van der Waals surface area contributed by atoms with Crippen LogP contribution in [0.3, 0.4) is 0 Å². The van der Waals surface area contributed by atoms with Crippen molar-refractivity contribution in [3.63, 3.8) is 0 Å². The van der Waals surface area contributed by atoms with Gasteiger partial charge in [0.25, 0.3) is 0 Å². The predicted molar refractivity (Wildman–Crippen MR) is 126 cm³/mol. The Labute approximate surface area is 185 Å². The summed E-state index contributed by atoms with van der Waals surface area (Å²) < 4.78 is 0. The number of aliphatic hydroxyl groups excluding tert-OH is 1. The van der Waals surface area contributed by atoms with E-state index < -0.39 is 0 Å². The minimum atomic E-state index is -0.0847. The maximum absolute atomic E-state index is 10.3. The molecule has 5 aliphatic carbocycles. The van der Waals surface area contributed by atoms with Gasteiger partial charge >= 0.3 is 0 Å². The molecular formula is C29H46O. The van der Waals surface area contributed by atoms with Gasteiger partial charge in [-0.2, -0.15) is 0 Å². The van der Waals surface area contributed by atoms with Crippen LogP contribution in [0.5, 0.6) is 0 Å². The summed E-state index contributed by atoms with van der Waals surface area (Å²) in [7, 11) is 0. The zero-order chi connectivity index (χ0) is 21.4. The van der Waals surface area contributed by atoms with E-state index >= 15 is 0 Å². The van der Waals surface area contributed by atoms with Crippen LogP contribution >= 0.6 is 0 Å². The minimum Gasteiger partial charge on any atom is -0.393 e. The van der Waals surface area contributed by atoms with Crippen molar-refractivity contribution < 1.29 is 5.11 Å². The Kier molecular flexibility index (Phi) is 5.13. The van der Waals surface area contributed by atoms with Crippen molar-refractivity contribution in [3.8, 4) is 0 Å². The second-order valence-electron chi connectivity index (χ2n) is 13.0. The standard InChI is InChI=1S/C29H46O/c1-17(2)18(3)23-16-24(23)19(4)25-9-10-26-22-8-7-20-15-21(30)11-13-28(20,5)27(22)12-14-29(25,26)6/h7,17,19,21-27,30H,3,8-16H2,1-2,4-6H3. The van der Waals surface area contributed by atoms with Gasteiger partial charge in [0.15, 0.2) is 0 Å². The highest BCUT2D eigenvalue weighted by atomic mass is 16.3. The Morgan fingerprint density at radius 1 is 1.07 bits per heavy atom. The molecule has 1 N–H and O–H groups in total. The second-order valence-corrected chi connectivity index (χ2v) is 13.0. The normalized spacial score (nSPS) is 50.9. The molecule has 4 saturated carbocycles. The molecule has 0 radical (unpaired) electrons. The van der Waals surface area contributed by atoms with Gasteiger partial charge in [-0.3, -0.25) is 0 Å². The monoisotopic (exact) mass is 410 g/mol. The summed E-state index contributed by atoms with van der Waals surface area (Å²) in [6.45, 7) is 17.0. The predicted octanol–water partition coefficient (Wildman–Crippen LogP) is 7.41. The molecule has 0 aromatic rings. The molecule has 0 aromatic carbocycles. The lowest BCUT2D eigenvalue weighted by atomic mass is 9.47. The first-order valence-electron chi connectivity index (χ1n) is 13.2.